The van der Waals surface area contributed by atoms with Crippen molar-refractivity contribution in [1.82, 2.24) is 10.2 Å². The molecule has 0 spiro atoms. The molecule has 1 aromatic carbocycles. The fourth-order valence-corrected chi connectivity index (χ4v) is 2.65. The third-order valence-corrected chi connectivity index (χ3v) is 3.74. The van der Waals surface area contributed by atoms with E-state index in [0.717, 1.165) is 37.9 Å². The predicted octanol–water partition coefficient (Wildman–Crippen LogP) is 2.74. The van der Waals surface area contributed by atoms with Gasteiger partial charge in [0.05, 0.1) is 5.56 Å². The van der Waals surface area contributed by atoms with E-state index in [9.17, 15) is 9.18 Å². The minimum Gasteiger partial charge on any atom is -0.337 e. The fourth-order valence-electron chi connectivity index (χ4n) is 2.65. The first-order valence-electron chi connectivity index (χ1n) is 7.40. The van der Waals surface area contributed by atoms with Gasteiger partial charge in [-0.3, -0.25) is 4.79 Å². The van der Waals surface area contributed by atoms with Crippen LogP contribution in [0.2, 0.25) is 0 Å². The van der Waals surface area contributed by atoms with Gasteiger partial charge in [-0.05, 0) is 44.9 Å². The summed E-state index contributed by atoms with van der Waals surface area (Å²) in [5, 5.41) is 3.45. The number of carbonyl (C=O) groups excluding carboxylic acids is 1. The second-order valence-electron chi connectivity index (χ2n) is 5.53. The Kier molecular flexibility index (Phi) is 5.12. The molecule has 1 heterocycles. The van der Waals surface area contributed by atoms with Gasteiger partial charge < -0.3 is 10.2 Å². The number of nitrogens with zero attached hydrogens (tertiary/aromatic N) is 1. The smallest absolute Gasteiger partial charge is 0.256 e. The Morgan fingerprint density at radius 2 is 2.30 bits per heavy atom. The van der Waals surface area contributed by atoms with E-state index in [1.54, 1.807) is 17.0 Å². The van der Waals surface area contributed by atoms with Gasteiger partial charge in [0.25, 0.3) is 5.91 Å². The monoisotopic (exact) mass is 278 g/mol. The van der Waals surface area contributed by atoms with E-state index in [0.29, 0.717) is 12.6 Å². The van der Waals surface area contributed by atoms with Crippen molar-refractivity contribution in [2.45, 2.75) is 39.2 Å². The van der Waals surface area contributed by atoms with Crippen LogP contribution >= 0.6 is 0 Å². The lowest BCUT2D eigenvalue weighted by Gasteiger charge is -2.33. The molecule has 1 N–H and O–H groups in total. The number of halogens is 1. The molecule has 1 saturated heterocycles. The van der Waals surface area contributed by atoms with Crippen LogP contribution in [0.25, 0.3) is 0 Å². The van der Waals surface area contributed by atoms with Crippen molar-refractivity contribution in [3.63, 3.8) is 0 Å². The number of rotatable bonds is 4. The largest absolute Gasteiger partial charge is 0.337 e. The van der Waals surface area contributed by atoms with Gasteiger partial charge >= 0.3 is 0 Å². The second-order valence-corrected chi connectivity index (χ2v) is 5.53. The van der Waals surface area contributed by atoms with E-state index in [1.807, 2.05) is 6.92 Å². The third-order valence-electron chi connectivity index (χ3n) is 3.74. The van der Waals surface area contributed by atoms with Crippen LogP contribution in [0.15, 0.2) is 18.2 Å². The summed E-state index contributed by atoms with van der Waals surface area (Å²) in [6.07, 6.45) is 3.14. The Hall–Kier alpha value is -1.42. The Labute approximate surface area is 120 Å². The molecule has 0 aliphatic carbocycles. The predicted molar refractivity (Wildman–Crippen MR) is 78.4 cm³/mol. The molecule has 1 amide bonds. The number of nitrogens with one attached hydrogen (secondary N) is 1. The molecule has 3 nitrogen and oxygen atoms in total. The molecule has 20 heavy (non-hydrogen) atoms. The maximum Gasteiger partial charge on any atom is 0.256 e. The summed E-state index contributed by atoms with van der Waals surface area (Å²) in [4.78, 5) is 14.2. The van der Waals surface area contributed by atoms with Crippen molar-refractivity contribution in [3.8, 4) is 0 Å². The zero-order valence-corrected chi connectivity index (χ0v) is 12.3. The number of hydrogen-bond acceptors (Lipinski definition) is 2. The van der Waals surface area contributed by atoms with Crippen LogP contribution in [-0.4, -0.2) is 36.5 Å². The lowest BCUT2D eigenvalue weighted by molar-refractivity contribution is 0.0690. The molecule has 1 fully saturated rings. The Morgan fingerprint density at radius 1 is 1.50 bits per heavy atom. The van der Waals surface area contributed by atoms with E-state index in [4.69, 9.17) is 0 Å². The van der Waals surface area contributed by atoms with Gasteiger partial charge in [0.2, 0.25) is 0 Å². The quantitative estimate of drug-likeness (QED) is 0.918. The topological polar surface area (TPSA) is 32.3 Å². The first-order valence-corrected chi connectivity index (χ1v) is 7.40. The van der Waals surface area contributed by atoms with Crippen LogP contribution in [-0.2, 0) is 0 Å². The Balaban J connectivity index is 2.06. The van der Waals surface area contributed by atoms with E-state index < -0.39 is 5.82 Å². The first kappa shape index (κ1) is 15.0. The van der Waals surface area contributed by atoms with E-state index in [1.165, 1.54) is 6.07 Å². The Morgan fingerprint density at radius 3 is 3.05 bits per heavy atom. The molecule has 1 aliphatic heterocycles. The zero-order valence-electron chi connectivity index (χ0n) is 12.3. The van der Waals surface area contributed by atoms with Crippen molar-refractivity contribution in [3.05, 3.63) is 35.1 Å². The number of piperidine rings is 1. The molecule has 0 aromatic heterocycles. The molecular formula is C16H23FN2O. The molecule has 110 valence electrons. The van der Waals surface area contributed by atoms with Gasteiger partial charge in [0, 0.05) is 19.1 Å². The molecule has 1 atom stereocenters. The molecule has 1 aromatic rings. The van der Waals surface area contributed by atoms with Crippen molar-refractivity contribution < 1.29 is 9.18 Å². The fraction of sp³-hybridized carbons (Fsp3) is 0.562. The number of benzene rings is 1. The van der Waals surface area contributed by atoms with Gasteiger partial charge in [-0.15, -0.1) is 0 Å². The zero-order chi connectivity index (χ0) is 14.5. The summed E-state index contributed by atoms with van der Waals surface area (Å²) in [6, 6.07) is 5.04. The van der Waals surface area contributed by atoms with Crippen molar-refractivity contribution in [1.29, 1.82) is 0 Å². The van der Waals surface area contributed by atoms with Crippen molar-refractivity contribution >= 4 is 5.91 Å². The van der Waals surface area contributed by atoms with E-state index >= 15 is 0 Å². The summed E-state index contributed by atoms with van der Waals surface area (Å²) in [5.74, 6) is -0.613. The number of amides is 1. The number of likely N-dealkylation sites (tertiary alicyclic amines) is 1. The minimum absolute atomic E-state index is 0.186. The van der Waals surface area contributed by atoms with E-state index in [2.05, 4.69) is 12.2 Å². The SMILES string of the molecule is CCCNC1CCCN(C(=O)c2cc(C)ccc2F)C1. The highest BCUT2D eigenvalue weighted by atomic mass is 19.1. The standard InChI is InChI=1S/C16H23FN2O/c1-3-8-18-13-5-4-9-19(11-13)16(20)14-10-12(2)6-7-15(14)17/h6-7,10,13,18H,3-5,8-9,11H2,1-2H3. The highest BCUT2D eigenvalue weighted by molar-refractivity contribution is 5.94. The summed E-state index contributed by atoms with van der Waals surface area (Å²) in [7, 11) is 0. The van der Waals surface area contributed by atoms with Crippen molar-refractivity contribution in [2.24, 2.45) is 0 Å². The first-order chi connectivity index (χ1) is 9.61. The lowest BCUT2D eigenvalue weighted by atomic mass is 10.0. The Bertz CT molecular complexity index is 476. The second kappa shape index (κ2) is 6.84. The molecule has 2 rings (SSSR count). The maximum atomic E-state index is 13.8. The average molecular weight is 278 g/mol. The number of aryl methyl sites for hydroxylation is 1. The molecule has 0 saturated carbocycles. The van der Waals surface area contributed by atoms with Crippen LogP contribution in [0.1, 0.15) is 42.1 Å². The number of carbonyl (C=O) groups is 1. The average Bonchev–Trinajstić information content (AvgIpc) is 2.47. The normalized spacial score (nSPS) is 19.1. The summed E-state index contributed by atoms with van der Waals surface area (Å²) in [6.45, 7) is 6.35. The molecule has 1 unspecified atom stereocenters. The summed E-state index contributed by atoms with van der Waals surface area (Å²) >= 11 is 0. The van der Waals surface area contributed by atoms with Crippen LogP contribution in [0.4, 0.5) is 4.39 Å². The minimum atomic E-state index is -0.427. The van der Waals surface area contributed by atoms with Gasteiger partial charge in [0.15, 0.2) is 0 Å². The van der Waals surface area contributed by atoms with Gasteiger partial charge in [-0.25, -0.2) is 4.39 Å². The van der Waals surface area contributed by atoms with Crippen LogP contribution in [0, 0.1) is 12.7 Å². The molecule has 0 radical (unpaired) electrons. The lowest BCUT2D eigenvalue weighted by Crippen LogP contribution is -2.48. The van der Waals surface area contributed by atoms with Gasteiger partial charge in [-0.2, -0.15) is 0 Å². The van der Waals surface area contributed by atoms with Crippen LogP contribution < -0.4 is 5.32 Å². The number of hydrogen-bond donors (Lipinski definition) is 1. The van der Waals surface area contributed by atoms with Crippen LogP contribution in [0.3, 0.4) is 0 Å². The van der Waals surface area contributed by atoms with Gasteiger partial charge in [-0.1, -0.05) is 18.6 Å². The van der Waals surface area contributed by atoms with Crippen LogP contribution in [0.5, 0.6) is 0 Å². The summed E-state index contributed by atoms with van der Waals surface area (Å²) in [5.41, 5.74) is 1.11. The molecule has 1 aliphatic rings. The van der Waals surface area contributed by atoms with Gasteiger partial charge in [0.1, 0.15) is 5.82 Å². The molecule has 4 heteroatoms. The molecule has 0 bridgehead atoms. The van der Waals surface area contributed by atoms with Crippen molar-refractivity contribution in [2.75, 3.05) is 19.6 Å². The highest BCUT2D eigenvalue weighted by Gasteiger charge is 2.25. The molecular weight excluding hydrogens is 255 g/mol. The maximum absolute atomic E-state index is 13.8. The summed E-state index contributed by atoms with van der Waals surface area (Å²) < 4.78 is 13.8. The highest BCUT2D eigenvalue weighted by Crippen LogP contribution is 2.17. The van der Waals surface area contributed by atoms with E-state index in [-0.39, 0.29) is 11.5 Å². The third kappa shape index (κ3) is 3.57.